The van der Waals surface area contributed by atoms with Gasteiger partial charge in [-0.3, -0.25) is 9.59 Å². The Morgan fingerprint density at radius 2 is 2.33 bits per heavy atom. The second-order valence-corrected chi connectivity index (χ2v) is 2.61. The van der Waals surface area contributed by atoms with Crippen molar-refractivity contribution in [3.63, 3.8) is 0 Å². The van der Waals surface area contributed by atoms with Crippen molar-refractivity contribution in [2.75, 3.05) is 0 Å². The van der Waals surface area contributed by atoms with Gasteiger partial charge in [-0.25, -0.2) is 0 Å². The summed E-state index contributed by atoms with van der Waals surface area (Å²) in [5, 5.41) is 8.24. The van der Waals surface area contributed by atoms with Gasteiger partial charge in [-0.15, -0.1) is 0 Å². The van der Waals surface area contributed by atoms with Gasteiger partial charge in [-0.1, -0.05) is 0 Å². The highest BCUT2D eigenvalue weighted by atomic mass is 16.5. The Kier molecular flexibility index (Phi) is 2.85. The number of carboxylic acids is 1. The van der Waals surface area contributed by atoms with Gasteiger partial charge in [0.15, 0.2) is 0 Å². The van der Waals surface area contributed by atoms with E-state index in [0.717, 1.165) is 19.3 Å². The van der Waals surface area contributed by atoms with Crippen molar-refractivity contribution < 1.29 is 19.4 Å². The Bertz CT molecular complexity index is 229. The summed E-state index contributed by atoms with van der Waals surface area (Å²) in [4.78, 5) is 20.8. The van der Waals surface area contributed by atoms with Gasteiger partial charge >= 0.3 is 11.9 Å². The van der Waals surface area contributed by atoms with Crippen LogP contribution in [0.25, 0.3) is 0 Å². The van der Waals surface area contributed by atoms with E-state index in [1.807, 2.05) is 6.08 Å². The third-order valence-electron chi connectivity index (χ3n) is 1.54. The standard InChI is InChI=1S/C8H10O4/c9-7(10)5-8(11)12-6-3-1-2-4-6/h3H,1-2,4-5H2,(H,9,10). The molecule has 12 heavy (non-hydrogen) atoms. The summed E-state index contributed by atoms with van der Waals surface area (Å²) in [5.74, 6) is -1.23. The van der Waals surface area contributed by atoms with E-state index in [1.54, 1.807) is 0 Å². The molecule has 0 radical (unpaired) electrons. The zero-order chi connectivity index (χ0) is 8.97. The molecule has 1 aliphatic carbocycles. The summed E-state index contributed by atoms with van der Waals surface area (Å²) >= 11 is 0. The fraction of sp³-hybridized carbons (Fsp3) is 0.500. The van der Waals surface area contributed by atoms with E-state index in [-0.39, 0.29) is 0 Å². The summed E-state index contributed by atoms with van der Waals surface area (Å²) in [6.45, 7) is 0. The summed E-state index contributed by atoms with van der Waals surface area (Å²) in [6, 6.07) is 0. The SMILES string of the molecule is O=C(O)CC(=O)OC1=CCCC1. The van der Waals surface area contributed by atoms with E-state index >= 15 is 0 Å². The molecule has 0 heterocycles. The number of carboxylic acid groups (broad SMARTS) is 1. The van der Waals surface area contributed by atoms with E-state index in [1.165, 1.54) is 0 Å². The number of hydrogen-bond donors (Lipinski definition) is 1. The van der Waals surface area contributed by atoms with E-state index in [2.05, 4.69) is 0 Å². The Morgan fingerprint density at radius 3 is 2.83 bits per heavy atom. The van der Waals surface area contributed by atoms with Crippen LogP contribution in [0, 0.1) is 0 Å². The Hall–Kier alpha value is -1.32. The average Bonchev–Trinajstić information content (AvgIpc) is 2.37. The van der Waals surface area contributed by atoms with Crippen LogP contribution in [0.4, 0.5) is 0 Å². The first kappa shape index (κ1) is 8.77. The molecular weight excluding hydrogens is 160 g/mol. The molecule has 0 aliphatic heterocycles. The smallest absolute Gasteiger partial charge is 0.322 e. The minimum Gasteiger partial charge on any atom is -0.481 e. The minimum atomic E-state index is -1.15. The predicted octanol–water partition coefficient (Wildman–Crippen LogP) is 1.07. The molecule has 0 fully saturated rings. The van der Waals surface area contributed by atoms with Gasteiger partial charge in [-0.05, 0) is 18.9 Å². The zero-order valence-corrected chi connectivity index (χ0v) is 6.58. The Labute approximate surface area is 69.8 Å². The predicted molar refractivity (Wildman–Crippen MR) is 40.3 cm³/mol. The van der Waals surface area contributed by atoms with Gasteiger partial charge in [0.25, 0.3) is 0 Å². The third kappa shape index (κ3) is 2.74. The van der Waals surface area contributed by atoms with Crippen LogP contribution in [0.5, 0.6) is 0 Å². The van der Waals surface area contributed by atoms with Crippen LogP contribution >= 0.6 is 0 Å². The van der Waals surface area contributed by atoms with Crippen molar-refractivity contribution >= 4 is 11.9 Å². The lowest BCUT2D eigenvalue weighted by atomic mass is 10.3. The number of allylic oxidation sites excluding steroid dienone is 2. The van der Waals surface area contributed by atoms with Gasteiger partial charge in [-0.2, -0.15) is 0 Å². The molecule has 66 valence electrons. The topological polar surface area (TPSA) is 63.6 Å². The fourth-order valence-electron chi connectivity index (χ4n) is 1.04. The lowest BCUT2D eigenvalue weighted by molar-refractivity contribution is -0.148. The van der Waals surface area contributed by atoms with Gasteiger partial charge in [0.05, 0.1) is 0 Å². The molecule has 0 spiro atoms. The van der Waals surface area contributed by atoms with E-state index in [4.69, 9.17) is 9.84 Å². The molecule has 0 aromatic heterocycles. The first-order chi connectivity index (χ1) is 5.68. The normalized spacial score (nSPS) is 15.5. The van der Waals surface area contributed by atoms with Crippen LogP contribution in [0.2, 0.25) is 0 Å². The number of rotatable bonds is 3. The molecule has 0 aromatic rings. The first-order valence-corrected chi connectivity index (χ1v) is 3.80. The van der Waals surface area contributed by atoms with Crippen molar-refractivity contribution in [3.8, 4) is 0 Å². The van der Waals surface area contributed by atoms with Crippen molar-refractivity contribution in [1.29, 1.82) is 0 Å². The maximum Gasteiger partial charge on any atom is 0.322 e. The second-order valence-electron chi connectivity index (χ2n) is 2.61. The highest BCUT2D eigenvalue weighted by Crippen LogP contribution is 2.18. The number of carbonyl (C=O) groups excluding carboxylic acids is 1. The van der Waals surface area contributed by atoms with Gasteiger partial charge < -0.3 is 9.84 Å². The molecular formula is C8H10O4. The van der Waals surface area contributed by atoms with Crippen LogP contribution in [0.3, 0.4) is 0 Å². The molecule has 1 rings (SSSR count). The Balaban J connectivity index is 2.30. The molecule has 0 amide bonds. The molecule has 0 saturated heterocycles. The second kappa shape index (κ2) is 3.90. The molecule has 4 heteroatoms. The van der Waals surface area contributed by atoms with Gasteiger partial charge in [0.2, 0.25) is 0 Å². The van der Waals surface area contributed by atoms with Crippen molar-refractivity contribution in [2.45, 2.75) is 25.7 Å². The molecule has 0 aromatic carbocycles. The monoisotopic (exact) mass is 170 g/mol. The zero-order valence-electron chi connectivity index (χ0n) is 6.58. The number of hydrogen-bond acceptors (Lipinski definition) is 3. The fourth-order valence-corrected chi connectivity index (χ4v) is 1.04. The summed E-state index contributed by atoms with van der Waals surface area (Å²) in [7, 11) is 0. The lowest BCUT2D eigenvalue weighted by Gasteiger charge is -2.01. The summed E-state index contributed by atoms with van der Waals surface area (Å²) in [6.07, 6.45) is 3.90. The number of esters is 1. The van der Waals surface area contributed by atoms with Crippen LogP contribution in [0.15, 0.2) is 11.8 Å². The van der Waals surface area contributed by atoms with Gasteiger partial charge in [0.1, 0.15) is 12.2 Å². The van der Waals surface area contributed by atoms with E-state index in [9.17, 15) is 9.59 Å². The molecule has 4 nitrogen and oxygen atoms in total. The van der Waals surface area contributed by atoms with Crippen LogP contribution in [0.1, 0.15) is 25.7 Å². The maximum absolute atomic E-state index is 10.8. The molecule has 0 atom stereocenters. The van der Waals surface area contributed by atoms with E-state index in [0.29, 0.717) is 5.76 Å². The van der Waals surface area contributed by atoms with Crippen molar-refractivity contribution in [2.24, 2.45) is 0 Å². The average molecular weight is 170 g/mol. The van der Waals surface area contributed by atoms with Gasteiger partial charge in [0, 0.05) is 6.42 Å². The van der Waals surface area contributed by atoms with Crippen LogP contribution < -0.4 is 0 Å². The lowest BCUT2D eigenvalue weighted by Crippen LogP contribution is -2.09. The third-order valence-corrected chi connectivity index (χ3v) is 1.54. The molecule has 1 N–H and O–H groups in total. The van der Waals surface area contributed by atoms with E-state index < -0.39 is 18.4 Å². The number of ether oxygens (including phenoxy) is 1. The molecule has 0 bridgehead atoms. The van der Waals surface area contributed by atoms with Crippen molar-refractivity contribution in [1.82, 2.24) is 0 Å². The largest absolute Gasteiger partial charge is 0.481 e. The Morgan fingerprint density at radius 1 is 1.58 bits per heavy atom. The number of aliphatic carboxylic acids is 1. The highest BCUT2D eigenvalue weighted by Gasteiger charge is 2.13. The molecule has 0 unspecified atom stereocenters. The molecule has 0 saturated carbocycles. The quantitative estimate of drug-likeness (QED) is 0.508. The minimum absolute atomic E-state index is 0.558. The highest BCUT2D eigenvalue weighted by molar-refractivity contribution is 5.90. The summed E-state index contributed by atoms with van der Waals surface area (Å²) < 4.78 is 4.76. The number of carbonyl (C=O) groups is 2. The molecule has 1 aliphatic rings. The van der Waals surface area contributed by atoms with Crippen molar-refractivity contribution in [3.05, 3.63) is 11.8 Å². The van der Waals surface area contributed by atoms with Crippen LogP contribution in [-0.2, 0) is 14.3 Å². The summed E-state index contributed by atoms with van der Waals surface area (Å²) in [5.41, 5.74) is 0. The van der Waals surface area contributed by atoms with Crippen LogP contribution in [-0.4, -0.2) is 17.0 Å². The maximum atomic E-state index is 10.8. The first-order valence-electron chi connectivity index (χ1n) is 3.80.